The summed E-state index contributed by atoms with van der Waals surface area (Å²) in [5.41, 5.74) is 5.28. The normalized spacial score (nSPS) is 11.7. The average molecular weight is 388 g/mol. The van der Waals surface area contributed by atoms with Crippen molar-refractivity contribution in [3.63, 3.8) is 0 Å². The molecule has 0 unspecified atom stereocenters. The molecule has 1 N–H and O–H groups in total. The summed E-state index contributed by atoms with van der Waals surface area (Å²) in [6.45, 7) is 8.62. The topological polar surface area (TPSA) is 77.1 Å². The first kappa shape index (κ1) is 18.9. The molecule has 0 bridgehead atoms. The van der Waals surface area contributed by atoms with E-state index in [1.54, 1.807) is 17.1 Å². The predicted molar refractivity (Wildman–Crippen MR) is 112 cm³/mol. The molecular formula is C22H24N6O. The van der Waals surface area contributed by atoms with Crippen molar-refractivity contribution in [2.45, 2.75) is 39.8 Å². The van der Waals surface area contributed by atoms with E-state index in [-0.39, 0.29) is 11.4 Å². The van der Waals surface area contributed by atoms with E-state index in [1.165, 1.54) is 0 Å². The number of fused-ring (bicyclic) bond motifs is 1. The lowest BCUT2D eigenvalue weighted by Gasteiger charge is -2.18. The molecular weight excluding hydrogens is 364 g/mol. The highest BCUT2D eigenvalue weighted by atomic mass is 16.1. The van der Waals surface area contributed by atoms with Gasteiger partial charge < -0.3 is 5.32 Å². The van der Waals surface area contributed by atoms with Gasteiger partial charge in [-0.25, -0.2) is 9.50 Å². The minimum absolute atomic E-state index is 0.155. The average Bonchev–Trinajstić information content (AvgIpc) is 3.35. The van der Waals surface area contributed by atoms with Crippen LogP contribution in [0.4, 0.5) is 0 Å². The highest BCUT2D eigenvalue weighted by Gasteiger charge is 2.17. The lowest BCUT2D eigenvalue weighted by atomic mass is 10.0. The number of hydrogen-bond acceptors (Lipinski definition) is 4. The highest BCUT2D eigenvalue weighted by Crippen LogP contribution is 2.24. The molecule has 4 aromatic rings. The van der Waals surface area contributed by atoms with Crippen LogP contribution in [0.25, 0.3) is 16.8 Å². The molecule has 1 aromatic carbocycles. The molecule has 0 radical (unpaired) electrons. The van der Waals surface area contributed by atoms with Gasteiger partial charge in [-0.15, -0.1) is 0 Å². The Morgan fingerprint density at radius 3 is 2.69 bits per heavy atom. The number of nitrogens with one attached hydrogen (secondary N) is 1. The third kappa shape index (κ3) is 3.76. The van der Waals surface area contributed by atoms with Crippen LogP contribution in [0.3, 0.4) is 0 Å². The maximum atomic E-state index is 12.5. The third-order valence-corrected chi connectivity index (χ3v) is 4.90. The molecule has 3 heterocycles. The summed E-state index contributed by atoms with van der Waals surface area (Å²) in [6.07, 6.45) is 5.29. The minimum atomic E-state index is -0.179. The number of amides is 1. The molecule has 3 aromatic heterocycles. The van der Waals surface area contributed by atoms with Crippen LogP contribution >= 0.6 is 0 Å². The fourth-order valence-corrected chi connectivity index (χ4v) is 3.21. The number of hydrogen-bond donors (Lipinski definition) is 1. The maximum absolute atomic E-state index is 12.5. The smallest absolute Gasteiger partial charge is 0.272 e. The third-order valence-electron chi connectivity index (χ3n) is 4.90. The first-order valence-electron chi connectivity index (χ1n) is 9.55. The van der Waals surface area contributed by atoms with Crippen LogP contribution in [-0.4, -0.2) is 30.3 Å². The van der Waals surface area contributed by atoms with E-state index in [4.69, 9.17) is 0 Å². The molecule has 0 spiro atoms. The van der Waals surface area contributed by atoms with Gasteiger partial charge in [0, 0.05) is 24.5 Å². The van der Waals surface area contributed by atoms with Crippen molar-refractivity contribution in [1.29, 1.82) is 0 Å². The molecule has 0 saturated carbocycles. The zero-order valence-electron chi connectivity index (χ0n) is 17.0. The molecule has 7 heteroatoms. The van der Waals surface area contributed by atoms with E-state index >= 15 is 0 Å². The second-order valence-corrected chi connectivity index (χ2v) is 8.09. The van der Waals surface area contributed by atoms with Gasteiger partial charge in [0.05, 0.1) is 16.7 Å². The lowest BCUT2D eigenvalue weighted by Crippen LogP contribution is -2.26. The Kier molecular flexibility index (Phi) is 4.66. The Balaban J connectivity index is 1.50. The quantitative estimate of drug-likeness (QED) is 0.580. The Hall–Kier alpha value is -3.48. The van der Waals surface area contributed by atoms with E-state index in [0.29, 0.717) is 12.2 Å². The summed E-state index contributed by atoms with van der Waals surface area (Å²) in [5, 5.41) is 11.6. The van der Waals surface area contributed by atoms with Crippen LogP contribution in [0.2, 0.25) is 0 Å². The number of aromatic nitrogens is 5. The molecule has 29 heavy (non-hydrogen) atoms. The van der Waals surface area contributed by atoms with Gasteiger partial charge in [-0.1, -0.05) is 12.1 Å². The molecule has 0 aliphatic heterocycles. The van der Waals surface area contributed by atoms with Crippen molar-refractivity contribution in [2.24, 2.45) is 0 Å². The second kappa shape index (κ2) is 7.16. The van der Waals surface area contributed by atoms with Crippen molar-refractivity contribution < 1.29 is 4.79 Å². The number of carbonyl (C=O) groups excluding carboxylic acids is 1. The van der Waals surface area contributed by atoms with Crippen molar-refractivity contribution in [1.82, 2.24) is 29.7 Å². The molecule has 7 nitrogen and oxygen atoms in total. The Labute approximate surface area is 169 Å². The van der Waals surface area contributed by atoms with E-state index in [2.05, 4.69) is 26.6 Å². The van der Waals surface area contributed by atoms with Crippen LogP contribution in [0.5, 0.6) is 0 Å². The van der Waals surface area contributed by atoms with Gasteiger partial charge in [0.2, 0.25) is 0 Å². The second-order valence-electron chi connectivity index (χ2n) is 8.09. The number of rotatable bonds is 4. The first-order chi connectivity index (χ1) is 13.8. The van der Waals surface area contributed by atoms with Gasteiger partial charge >= 0.3 is 0 Å². The number of nitrogens with zero attached hydrogens (tertiary/aromatic N) is 5. The van der Waals surface area contributed by atoms with Gasteiger partial charge in [-0.3, -0.25) is 9.48 Å². The SMILES string of the molecule is Cc1cc(-c2ncnn3cccc23)ccc1CNC(=O)c1ccn(C(C)(C)C)n1. The molecule has 0 aliphatic rings. The van der Waals surface area contributed by atoms with Crippen LogP contribution < -0.4 is 5.32 Å². The van der Waals surface area contributed by atoms with Crippen LogP contribution in [-0.2, 0) is 12.1 Å². The van der Waals surface area contributed by atoms with Crippen LogP contribution in [0, 0.1) is 6.92 Å². The first-order valence-corrected chi connectivity index (χ1v) is 9.55. The highest BCUT2D eigenvalue weighted by molar-refractivity contribution is 5.92. The fourth-order valence-electron chi connectivity index (χ4n) is 3.21. The van der Waals surface area contributed by atoms with E-state index in [0.717, 1.165) is 27.9 Å². The number of carbonyl (C=O) groups is 1. The minimum Gasteiger partial charge on any atom is -0.347 e. The molecule has 148 valence electrons. The van der Waals surface area contributed by atoms with E-state index in [9.17, 15) is 4.79 Å². The zero-order valence-corrected chi connectivity index (χ0v) is 17.0. The van der Waals surface area contributed by atoms with Crippen molar-refractivity contribution in [3.8, 4) is 11.3 Å². The van der Waals surface area contributed by atoms with Crippen LogP contribution in [0.1, 0.15) is 42.4 Å². The molecule has 0 fully saturated rings. The summed E-state index contributed by atoms with van der Waals surface area (Å²) in [5.74, 6) is -0.179. The lowest BCUT2D eigenvalue weighted by molar-refractivity contribution is 0.0944. The summed E-state index contributed by atoms with van der Waals surface area (Å²) in [7, 11) is 0. The van der Waals surface area contributed by atoms with Gasteiger partial charge in [0.1, 0.15) is 12.0 Å². The summed E-state index contributed by atoms with van der Waals surface area (Å²) >= 11 is 0. The number of benzene rings is 1. The van der Waals surface area contributed by atoms with Gasteiger partial charge in [-0.05, 0) is 63.1 Å². The molecule has 1 amide bonds. The maximum Gasteiger partial charge on any atom is 0.272 e. The fraction of sp³-hybridized carbons (Fsp3) is 0.273. The standard InChI is InChI=1S/C22H24N6O/c1-15-12-16(20-19-6-5-10-27(19)25-14-24-20)7-8-17(15)13-23-21(29)18-9-11-28(26-18)22(2,3)4/h5-12,14H,13H2,1-4H3,(H,23,29). The van der Waals surface area contributed by atoms with Gasteiger partial charge in [-0.2, -0.15) is 10.2 Å². The monoisotopic (exact) mass is 388 g/mol. The number of aryl methyl sites for hydroxylation is 1. The Bertz CT molecular complexity index is 1180. The van der Waals surface area contributed by atoms with Crippen molar-refractivity contribution in [2.75, 3.05) is 0 Å². The van der Waals surface area contributed by atoms with Crippen molar-refractivity contribution in [3.05, 3.63) is 71.9 Å². The summed E-state index contributed by atoms with van der Waals surface area (Å²) in [6, 6.07) is 11.8. The van der Waals surface area contributed by atoms with E-state index in [1.807, 2.05) is 68.9 Å². The zero-order chi connectivity index (χ0) is 20.6. The van der Waals surface area contributed by atoms with Crippen LogP contribution in [0.15, 0.2) is 55.1 Å². The molecule has 0 atom stereocenters. The largest absolute Gasteiger partial charge is 0.347 e. The predicted octanol–water partition coefficient (Wildman–Crippen LogP) is 3.59. The molecule has 0 saturated heterocycles. The van der Waals surface area contributed by atoms with E-state index < -0.39 is 0 Å². The summed E-state index contributed by atoms with van der Waals surface area (Å²) < 4.78 is 3.61. The van der Waals surface area contributed by atoms with Crippen molar-refractivity contribution >= 4 is 11.4 Å². The Morgan fingerprint density at radius 2 is 1.97 bits per heavy atom. The Morgan fingerprint density at radius 1 is 1.14 bits per heavy atom. The summed E-state index contributed by atoms with van der Waals surface area (Å²) in [4.78, 5) is 16.9. The van der Waals surface area contributed by atoms with Gasteiger partial charge in [0.25, 0.3) is 5.91 Å². The van der Waals surface area contributed by atoms with Gasteiger partial charge in [0.15, 0.2) is 0 Å². The molecule has 4 rings (SSSR count). The molecule has 0 aliphatic carbocycles.